The average molecular weight is 450 g/mol. The van der Waals surface area contributed by atoms with Crippen LogP contribution in [-0.2, 0) is 20.8 Å². The maximum Gasteiger partial charge on any atom is 0.361 e. The fourth-order valence-corrected chi connectivity index (χ4v) is 3.06. The van der Waals surface area contributed by atoms with E-state index in [1.54, 1.807) is 27.0 Å². The predicted octanol–water partition coefficient (Wildman–Crippen LogP) is 1.67. The van der Waals surface area contributed by atoms with E-state index in [0.717, 1.165) is 0 Å². The number of halogens is 1. The Hall–Kier alpha value is -3.21. The van der Waals surface area contributed by atoms with Gasteiger partial charge in [-0.25, -0.2) is 14.5 Å². The van der Waals surface area contributed by atoms with Crippen LogP contribution in [0.25, 0.3) is 5.70 Å². The molecule has 1 aliphatic rings. The van der Waals surface area contributed by atoms with E-state index in [4.69, 9.17) is 26.5 Å². The number of hydrogen-bond donors (Lipinski definition) is 2. The fourth-order valence-electron chi connectivity index (χ4n) is 2.96. The lowest BCUT2D eigenvalue weighted by molar-refractivity contribution is -0.149. The second-order valence-corrected chi connectivity index (χ2v) is 8.45. The number of H-pyrrole nitrogens is 1. The summed E-state index contributed by atoms with van der Waals surface area (Å²) in [5.41, 5.74) is 0.712. The number of aromatic nitrogens is 5. The van der Waals surface area contributed by atoms with Gasteiger partial charge in [-0.3, -0.25) is 10.2 Å². The van der Waals surface area contributed by atoms with Crippen LogP contribution in [0.4, 0.5) is 0 Å². The number of hydrogen-bond acceptors (Lipinski definition) is 9. The quantitative estimate of drug-likeness (QED) is 0.480. The third kappa shape index (κ3) is 5.69. The standard InChI is InChI=1S/C19H24ClN7O4/c1-19(2,3)31-18(29)13-10-27(25-24-13)9-12-6-22-16(23-12)14(5-15(20)21)26-7-11(8-26)17(28)30-4/h5-6,10-11,21H,7-9H2,1-4H3,(H,22,23)/b14-5+,21-15?. The van der Waals surface area contributed by atoms with E-state index in [1.165, 1.54) is 24.1 Å². The third-order valence-corrected chi connectivity index (χ3v) is 4.47. The molecule has 0 aromatic carbocycles. The first-order valence-electron chi connectivity index (χ1n) is 9.52. The summed E-state index contributed by atoms with van der Waals surface area (Å²) in [6, 6.07) is 0. The van der Waals surface area contributed by atoms with Crippen molar-refractivity contribution < 1.29 is 19.1 Å². The lowest BCUT2D eigenvalue weighted by atomic mass is 9.99. The van der Waals surface area contributed by atoms with E-state index in [-0.39, 0.29) is 29.3 Å². The first kappa shape index (κ1) is 22.5. The Morgan fingerprint density at radius 2 is 2.10 bits per heavy atom. The summed E-state index contributed by atoms with van der Waals surface area (Å²) >= 11 is 5.77. The SMILES string of the molecule is COC(=O)C1CN(/C(=C/C(=N)Cl)c2nc(Cn3cc(C(=O)OC(C)(C)C)nn3)c[nH]2)C1. The van der Waals surface area contributed by atoms with Crippen LogP contribution in [0.2, 0.25) is 0 Å². The third-order valence-electron chi connectivity index (χ3n) is 4.36. The summed E-state index contributed by atoms with van der Waals surface area (Å²) in [4.78, 5) is 33.2. The monoisotopic (exact) mass is 449 g/mol. The molecule has 0 radical (unpaired) electrons. The minimum atomic E-state index is -0.624. The zero-order valence-electron chi connectivity index (χ0n) is 17.7. The molecule has 1 saturated heterocycles. The molecule has 31 heavy (non-hydrogen) atoms. The van der Waals surface area contributed by atoms with Crippen LogP contribution in [0.5, 0.6) is 0 Å². The van der Waals surface area contributed by atoms with Gasteiger partial charge in [0.1, 0.15) is 10.8 Å². The zero-order chi connectivity index (χ0) is 22.8. The van der Waals surface area contributed by atoms with Gasteiger partial charge in [0.15, 0.2) is 11.5 Å². The molecule has 2 aromatic heterocycles. The van der Waals surface area contributed by atoms with Crippen molar-refractivity contribution in [2.45, 2.75) is 32.9 Å². The number of nitrogens with one attached hydrogen (secondary N) is 2. The van der Waals surface area contributed by atoms with Gasteiger partial charge in [0.25, 0.3) is 0 Å². The summed E-state index contributed by atoms with van der Waals surface area (Å²) in [7, 11) is 1.35. The van der Waals surface area contributed by atoms with Crippen LogP contribution >= 0.6 is 11.6 Å². The van der Waals surface area contributed by atoms with E-state index in [2.05, 4.69) is 20.3 Å². The Morgan fingerprint density at radius 3 is 2.71 bits per heavy atom. The van der Waals surface area contributed by atoms with Crippen molar-refractivity contribution in [3.05, 3.63) is 35.7 Å². The Labute approximate surface area is 183 Å². The lowest BCUT2D eigenvalue weighted by Crippen LogP contribution is -2.49. The van der Waals surface area contributed by atoms with Crippen molar-refractivity contribution in [3.63, 3.8) is 0 Å². The van der Waals surface area contributed by atoms with Gasteiger partial charge in [0.2, 0.25) is 0 Å². The second-order valence-electron chi connectivity index (χ2n) is 8.05. The molecule has 2 N–H and O–H groups in total. The van der Waals surface area contributed by atoms with Gasteiger partial charge in [-0.15, -0.1) is 5.10 Å². The highest BCUT2D eigenvalue weighted by Gasteiger charge is 2.35. The predicted molar refractivity (Wildman–Crippen MR) is 112 cm³/mol. The molecule has 1 aliphatic heterocycles. The van der Waals surface area contributed by atoms with E-state index in [0.29, 0.717) is 30.3 Å². The number of rotatable bonds is 7. The number of nitrogens with zero attached hydrogens (tertiary/aromatic N) is 5. The van der Waals surface area contributed by atoms with Gasteiger partial charge in [0, 0.05) is 25.4 Å². The normalized spacial score (nSPS) is 14.9. The molecule has 0 atom stereocenters. The molecule has 0 bridgehead atoms. The van der Waals surface area contributed by atoms with Crippen molar-refractivity contribution in [3.8, 4) is 0 Å². The van der Waals surface area contributed by atoms with E-state index in [1.807, 2.05) is 4.90 Å². The largest absolute Gasteiger partial charge is 0.469 e. The molecular weight excluding hydrogens is 426 g/mol. The van der Waals surface area contributed by atoms with Gasteiger partial charge in [-0.1, -0.05) is 16.8 Å². The van der Waals surface area contributed by atoms with Crippen LogP contribution in [0.15, 0.2) is 18.5 Å². The van der Waals surface area contributed by atoms with Crippen LogP contribution < -0.4 is 0 Å². The smallest absolute Gasteiger partial charge is 0.361 e. The molecule has 1 fully saturated rings. The van der Waals surface area contributed by atoms with Crippen molar-refractivity contribution in [1.82, 2.24) is 29.9 Å². The number of allylic oxidation sites excluding steroid dienone is 1. The minimum absolute atomic E-state index is 0.108. The number of carbonyl (C=O) groups is 2. The Bertz CT molecular complexity index is 1010. The van der Waals surface area contributed by atoms with Crippen molar-refractivity contribution in [2.75, 3.05) is 20.2 Å². The molecule has 2 aromatic rings. The van der Waals surface area contributed by atoms with Gasteiger partial charge in [-0.2, -0.15) is 0 Å². The highest BCUT2D eigenvalue weighted by atomic mass is 35.5. The molecule has 11 nitrogen and oxygen atoms in total. The van der Waals surface area contributed by atoms with Crippen LogP contribution in [-0.4, -0.2) is 72.8 Å². The van der Waals surface area contributed by atoms with Gasteiger partial charge >= 0.3 is 11.9 Å². The molecule has 0 aliphatic carbocycles. The number of esters is 2. The number of ether oxygens (including phenoxy) is 2. The topological polar surface area (TPSA) is 139 Å². The van der Waals surface area contributed by atoms with Gasteiger partial charge < -0.3 is 19.4 Å². The lowest BCUT2D eigenvalue weighted by Gasteiger charge is -2.40. The average Bonchev–Trinajstić information content (AvgIpc) is 3.27. The highest BCUT2D eigenvalue weighted by molar-refractivity contribution is 6.68. The van der Waals surface area contributed by atoms with E-state index < -0.39 is 11.6 Å². The molecular formula is C19H24ClN7O4. The molecule has 0 saturated carbocycles. The fraction of sp³-hybridized carbons (Fsp3) is 0.474. The van der Waals surface area contributed by atoms with E-state index in [9.17, 15) is 9.59 Å². The molecule has 3 heterocycles. The molecule has 12 heteroatoms. The molecule has 166 valence electrons. The maximum atomic E-state index is 12.1. The number of methoxy groups -OCH3 is 1. The van der Waals surface area contributed by atoms with Crippen LogP contribution in [0.3, 0.4) is 0 Å². The summed E-state index contributed by atoms with van der Waals surface area (Å²) in [6.07, 6.45) is 4.64. The summed E-state index contributed by atoms with van der Waals surface area (Å²) in [6.45, 7) is 6.48. The van der Waals surface area contributed by atoms with Crippen molar-refractivity contribution in [2.24, 2.45) is 5.92 Å². The zero-order valence-corrected chi connectivity index (χ0v) is 18.4. The number of likely N-dealkylation sites (tertiary alicyclic amines) is 1. The number of aromatic amines is 1. The van der Waals surface area contributed by atoms with Crippen molar-refractivity contribution in [1.29, 1.82) is 5.41 Å². The molecule has 0 spiro atoms. The first-order chi connectivity index (χ1) is 14.6. The second kappa shape index (κ2) is 8.88. The van der Waals surface area contributed by atoms with Gasteiger partial charge in [-0.05, 0) is 20.8 Å². The molecule has 0 amide bonds. The van der Waals surface area contributed by atoms with Gasteiger partial charge in [0.05, 0.1) is 37.2 Å². The Morgan fingerprint density at radius 1 is 1.39 bits per heavy atom. The minimum Gasteiger partial charge on any atom is -0.469 e. The number of carbonyl (C=O) groups excluding carboxylic acids is 2. The summed E-state index contributed by atoms with van der Waals surface area (Å²) in [5.74, 6) is -0.557. The highest BCUT2D eigenvalue weighted by Crippen LogP contribution is 2.27. The Kier molecular flexibility index (Phi) is 6.44. The summed E-state index contributed by atoms with van der Waals surface area (Å²) < 4.78 is 11.5. The number of imidazole rings is 1. The molecule has 0 unspecified atom stereocenters. The maximum absolute atomic E-state index is 12.1. The Balaban J connectivity index is 1.69. The van der Waals surface area contributed by atoms with E-state index >= 15 is 0 Å². The van der Waals surface area contributed by atoms with Crippen LogP contribution in [0.1, 0.15) is 42.8 Å². The first-order valence-corrected chi connectivity index (χ1v) is 9.90. The van der Waals surface area contributed by atoms with Crippen LogP contribution in [0, 0.1) is 11.3 Å². The van der Waals surface area contributed by atoms with Crippen molar-refractivity contribution >= 4 is 34.4 Å². The molecule has 3 rings (SSSR count). The summed E-state index contributed by atoms with van der Waals surface area (Å²) in [5, 5.41) is 15.2.